The van der Waals surface area contributed by atoms with Gasteiger partial charge in [0.15, 0.2) is 0 Å². The van der Waals surface area contributed by atoms with E-state index in [2.05, 4.69) is 6.58 Å². The molecule has 0 saturated heterocycles. The molecule has 0 aromatic carbocycles. The molecule has 0 aromatic heterocycles. The monoisotopic (exact) mass is 193 g/mol. The van der Waals surface area contributed by atoms with E-state index in [0.717, 1.165) is 20.0 Å². The molecule has 0 aliphatic heterocycles. The third-order valence-corrected chi connectivity index (χ3v) is 0.929. The first kappa shape index (κ1) is 17.9. The molecule has 0 heterocycles. The minimum Gasteiger partial charge on any atom is -0.481 e. The summed E-state index contributed by atoms with van der Waals surface area (Å²) in [5.74, 6) is -0.833. The predicted molar refractivity (Wildman–Crippen MR) is 51.1 cm³/mol. The van der Waals surface area contributed by atoms with Crippen LogP contribution >= 0.6 is 0 Å². The van der Waals surface area contributed by atoms with Gasteiger partial charge in [0.1, 0.15) is 6.26 Å². The van der Waals surface area contributed by atoms with Crippen LogP contribution in [0.25, 0.3) is 0 Å². The highest BCUT2D eigenvalue weighted by atomic mass is 16.7. The largest absolute Gasteiger partial charge is 0.481 e. The standard InChI is InChI=1S/C6H13NO.C2H4O2.H2O/c1-4-7(5-2)8-6-3;1-2(3)4;/h6H,3-5H2,1-2H3;1H3,(H,3,4);1H2. The molecular weight excluding hydrogens is 174 g/mol. The molecule has 0 aliphatic carbocycles. The molecule has 3 N–H and O–H groups in total. The first-order chi connectivity index (χ1) is 5.58. The van der Waals surface area contributed by atoms with Crippen molar-refractivity contribution in [3.63, 3.8) is 0 Å². The molecular formula is C8H19NO4. The van der Waals surface area contributed by atoms with Crippen molar-refractivity contribution >= 4 is 5.97 Å². The Hall–Kier alpha value is -1.07. The maximum atomic E-state index is 9.00. The van der Waals surface area contributed by atoms with Crippen LogP contribution in [0.5, 0.6) is 0 Å². The molecule has 80 valence electrons. The summed E-state index contributed by atoms with van der Waals surface area (Å²) in [7, 11) is 0. The fraction of sp³-hybridized carbons (Fsp3) is 0.625. The number of carboxylic acid groups (broad SMARTS) is 1. The smallest absolute Gasteiger partial charge is 0.300 e. The molecule has 13 heavy (non-hydrogen) atoms. The van der Waals surface area contributed by atoms with E-state index < -0.39 is 5.97 Å². The van der Waals surface area contributed by atoms with Crippen molar-refractivity contribution < 1.29 is 20.2 Å². The van der Waals surface area contributed by atoms with Crippen molar-refractivity contribution in [3.8, 4) is 0 Å². The number of hydrogen-bond acceptors (Lipinski definition) is 3. The lowest BCUT2D eigenvalue weighted by Crippen LogP contribution is -2.20. The maximum Gasteiger partial charge on any atom is 0.300 e. The molecule has 0 radical (unpaired) electrons. The van der Waals surface area contributed by atoms with Crippen molar-refractivity contribution in [1.82, 2.24) is 5.06 Å². The van der Waals surface area contributed by atoms with Crippen LogP contribution in [-0.2, 0) is 9.63 Å². The van der Waals surface area contributed by atoms with E-state index in [1.807, 2.05) is 18.9 Å². The zero-order valence-corrected chi connectivity index (χ0v) is 8.41. The van der Waals surface area contributed by atoms with Crippen LogP contribution in [0.1, 0.15) is 20.8 Å². The third kappa shape index (κ3) is 24.8. The first-order valence-corrected chi connectivity index (χ1v) is 3.80. The van der Waals surface area contributed by atoms with Gasteiger partial charge in [-0.1, -0.05) is 6.58 Å². The summed E-state index contributed by atoms with van der Waals surface area (Å²) in [6.07, 6.45) is 1.44. The van der Waals surface area contributed by atoms with Gasteiger partial charge in [-0.15, -0.1) is 5.06 Å². The summed E-state index contributed by atoms with van der Waals surface area (Å²) in [4.78, 5) is 13.9. The molecule has 0 spiro atoms. The minimum absolute atomic E-state index is 0. The molecule has 0 amide bonds. The number of carboxylic acids is 1. The molecule has 0 saturated carbocycles. The molecule has 0 atom stereocenters. The van der Waals surface area contributed by atoms with Gasteiger partial charge in [-0.2, -0.15) is 0 Å². The summed E-state index contributed by atoms with van der Waals surface area (Å²) in [5, 5.41) is 9.23. The Labute approximate surface area is 78.9 Å². The van der Waals surface area contributed by atoms with Crippen LogP contribution in [0.4, 0.5) is 0 Å². The Bertz CT molecular complexity index is 119. The van der Waals surface area contributed by atoms with E-state index in [0.29, 0.717) is 0 Å². The summed E-state index contributed by atoms with van der Waals surface area (Å²) in [6, 6.07) is 0. The maximum absolute atomic E-state index is 9.00. The van der Waals surface area contributed by atoms with Gasteiger partial charge in [0.2, 0.25) is 0 Å². The Kier molecular flexibility index (Phi) is 18.6. The van der Waals surface area contributed by atoms with Crippen LogP contribution in [0.3, 0.4) is 0 Å². The summed E-state index contributed by atoms with van der Waals surface area (Å²) < 4.78 is 0. The number of carbonyl (C=O) groups is 1. The SMILES string of the molecule is C=CON(CC)CC.CC(=O)O.O. The lowest BCUT2D eigenvalue weighted by atomic mass is 10.6. The van der Waals surface area contributed by atoms with Crippen LogP contribution < -0.4 is 0 Å². The van der Waals surface area contributed by atoms with Crippen molar-refractivity contribution in [3.05, 3.63) is 12.8 Å². The van der Waals surface area contributed by atoms with E-state index in [9.17, 15) is 0 Å². The highest BCUT2D eigenvalue weighted by Gasteiger charge is 1.91. The van der Waals surface area contributed by atoms with Gasteiger partial charge in [-0.05, 0) is 13.8 Å². The lowest BCUT2D eigenvalue weighted by Gasteiger charge is -2.14. The van der Waals surface area contributed by atoms with Gasteiger partial charge in [-0.25, -0.2) is 0 Å². The fourth-order valence-corrected chi connectivity index (χ4v) is 0.478. The molecule has 0 aromatic rings. The summed E-state index contributed by atoms with van der Waals surface area (Å²) >= 11 is 0. The van der Waals surface area contributed by atoms with Crippen molar-refractivity contribution in [2.75, 3.05) is 13.1 Å². The van der Waals surface area contributed by atoms with Gasteiger partial charge < -0.3 is 15.4 Å². The highest BCUT2D eigenvalue weighted by molar-refractivity contribution is 5.62. The van der Waals surface area contributed by atoms with Crippen molar-refractivity contribution in [1.29, 1.82) is 0 Å². The van der Waals surface area contributed by atoms with Crippen LogP contribution in [0, 0.1) is 0 Å². The van der Waals surface area contributed by atoms with E-state index >= 15 is 0 Å². The molecule has 0 unspecified atom stereocenters. The second-order valence-electron chi connectivity index (χ2n) is 1.91. The molecule has 0 fully saturated rings. The molecule has 0 aliphatic rings. The van der Waals surface area contributed by atoms with E-state index in [1.54, 1.807) is 0 Å². The van der Waals surface area contributed by atoms with E-state index in [4.69, 9.17) is 14.7 Å². The van der Waals surface area contributed by atoms with Crippen molar-refractivity contribution in [2.45, 2.75) is 20.8 Å². The zero-order valence-electron chi connectivity index (χ0n) is 8.41. The van der Waals surface area contributed by atoms with E-state index in [-0.39, 0.29) is 5.48 Å². The topological polar surface area (TPSA) is 81.3 Å². The molecule has 5 nitrogen and oxygen atoms in total. The number of rotatable bonds is 4. The Morgan fingerprint density at radius 3 is 1.92 bits per heavy atom. The number of hydroxylamine groups is 2. The van der Waals surface area contributed by atoms with Crippen LogP contribution in [0.2, 0.25) is 0 Å². The number of aliphatic carboxylic acids is 1. The van der Waals surface area contributed by atoms with Crippen LogP contribution in [0.15, 0.2) is 12.8 Å². The third-order valence-electron chi connectivity index (χ3n) is 0.929. The lowest BCUT2D eigenvalue weighted by molar-refractivity contribution is -0.134. The Balaban J connectivity index is -0.000000173. The molecule has 0 bridgehead atoms. The second-order valence-corrected chi connectivity index (χ2v) is 1.91. The van der Waals surface area contributed by atoms with Crippen LogP contribution in [-0.4, -0.2) is 34.7 Å². The average molecular weight is 193 g/mol. The summed E-state index contributed by atoms with van der Waals surface area (Å²) in [6.45, 7) is 10.4. The average Bonchev–Trinajstić information content (AvgIpc) is 1.99. The second kappa shape index (κ2) is 13.5. The quantitative estimate of drug-likeness (QED) is 0.525. The molecule has 0 rings (SSSR count). The fourth-order valence-electron chi connectivity index (χ4n) is 0.478. The van der Waals surface area contributed by atoms with Gasteiger partial charge >= 0.3 is 0 Å². The number of nitrogens with zero attached hydrogens (tertiary/aromatic N) is 1. The molecule has 5 heteroatoms. The first-order valence-electron chi connectivity index (χ1n) is 3.80. The van der Waals surface area contributed by atoms with Crippen molar-refractivity contribution in [2.24, 2.45) is 0 Å². The van der Waals surface area contributed by atoms with Gasteiger partial charge in [0, 0.05) is 20.0 Å². The Morgan fingerprint density at radius 2 is 1.85 bits per heavy atom. The normalized spacial score (nSPS) is 7.69. The van der Waals surface area contributed by atoms with Gasteiger partial charge in [0.05, 0.1) is 0 Å². The summed E-state index contributed by atoms with van der Waals surface area (Å²) in [5.41, 5.74) is 0. The minimum atomic E-state index is -0.833. The zero-order chi connectivity index (χ0) is 9.98. The Morgan fingerprint density at radius 1 is 1.54 bits per heavy atom. The van der Waals surface area contributed by atoms with Gasteiger partial charge in [0.25, 0.3) is 5.97 Å². The van der Waals surface area contributed by atoms with Gasteiger partial charge in [-0.3, -0.25) is 4.79 Å². The predicted octanol–water partition coefficient (Wildman–Crippen LogP) is 0.669. The van der Waals surface area contributed by atoms with E-state index in [1.165, 1.54) is 6.26 Å². The number of hydrogen-bond donors (Lipinski definition) is 1. The highest BCUT2D eigenvalue weighted by Crippen LogP contribution is 1.86.